The van der Waals surface area contributed by atoms with Gasteiger partial charge in [0.2, 0.25) is 0 Å². The smallest absolute Gasteiger partial charge is 0.356 e. The first-order valence-electron chi connectivity index (χ1n) is 3.19. The van der Waals surface area contributed by atoms with Gasteiger partial charge in [0, 0.05) is 0 Å². The quantitative estimate of drug-likeness (QED) is 0.768. The van der Waals surface area contributed by atoms with Crippen molar-refractivity contribution in [2.45, 2.75) is 6.92 Å². The van der Waals surface area contributed by atoms with Crippen molar-refractivity contribution < 1.29 is 9.90 Å². The van der Waals surface area contributed by atoms with Crippen LogP contribution in [0.1, 0.15) is 16.1 Å². The lowest BCUT2D eigenvalue weighted by atomic mass is 10.2. The van der Waals surface area contributed by atoms with Gasteiger partial charge in [-0.3, -0.25) is 0 Å². The molecule has 0 saturated carbocycles. The van der Waals surface area contributed by atoms with E-state index in [-0.39, 0.29) is 20.9 Å². The summed E-state index contributed by atoms with van der Waals surface area (Å²) < 4.78 is 0. The Morgan fingerprint density at radius 2 is 1.85 bits per heavy atom. The lowest BCUT2D eigenvalue weighted by molar-refractivity contribution is 0.0690. The molecule has 0 aliphatic rings. The number of hydrogen-bond acceptors (Lipinski definition) is 2. The molecular weight excluding hydrogens is 236 g/mol. The molecule has 0 saturated heterocycles. The molecule has 1 aromatic heterocycles. The molecule has 3 nitrogen and oxygen atoms in total. The van der Waals surface area contributed by atoms with Crippen LogP contribution in [0.15, 0.2) is 0 Å². The Labute approximate surface area is 89.2 Å². The Balaban J connectivity index is 3.50. The molecule has 0 unspecified atom stereocenters. The van der Waals surface area contributed by atoms with Crippen LogP contribution in [0.2, 0.25) is 15.2 Å². The molecule has 0 aliphatic heterocycles. The van der Waals surface area contributed by atoms with E-state index in [2.05, 4.69) is 4.98 Å². The van der Waals surface area contributed by atoms with Crippen molar-refractivity contribution in [1.82, 2.24) is 4.98 Å². The Morgan fingerprint density at radius 1 is 1.31 bits per heavy atom. The highest BCUT2D eigenvalue weighted by molar-refractivity contribution is 6.43. The highest BCUT2D eigenvalue weighted by Gasteiger charge is 2.17. The second-order valence-electron chi connectivity index (χ2n) is 2.31. The van der Waals surface area contributed by atoms with Crippen molar-refractivity contribution in [2.24, 2.45) is 0 Å². The predicted octanol–water partition coefficient (Wildman–Crippen LogP) is 3.05. The van der Waals surface area contributed by atoms with Gasteiger partial charge < -0.3 is 5.11 Å². The molecule has 6 heteroatoms. The Kier molecular flexibility index (Phi) is 3.01. The molecule has 0 bridgehead atoms. The van der Waals surface area contributed by atoms with Gasteiger partial charge in [-0.2, -0.15) is 0 Å². The summed E-state index contributed by atoms with van der Waals surface area (Å²) >= 11 is 16.9. The van der Waals surface area contributed by atoms with Crippen LogP contribution in [0.4, 0.5) is 0 Å². The van der Waals surface area contributed by atoms with Crippen LogP contribution in [0.3, 0.4) is 0 Å². The number of carboxylic acids is 1. The van der Waals surface area contributed by atoms with E-state index in [1.807, 2.05) is 0 Å². The first-order valence-corrected chi connectivity index (χ1v) is 4.33. The van der Waals surface area contributed by atoms with Crippen LogP contribution < -0.4 is 0 Å². The van der Waals surface area contributed by atoms with Gasteiger partial charge in [-0.05, 0) is 12.5 Å². The summed E-state index contributed by atoms with van der Waals surface area (Å²) in [6, 6.07) is 0. The Hall–Kier alpha value is -0.510. The van der Waals surface area contributed by atoms with Crippen molar-refractivity contribution in [1.29, 1.82) is 0 Å². The summed E-state index contributed by atoms with van der Waals surface area (Å²) in [5.41, 5.74) is 0.134. The molecule has 0 spiro atoms. The summed E-state index contributed by atoms with van der Waals surface area (Å²) in [5, 5.41) is 8.80. The van der Waals surface area contributed by atoms with Crippen LogP contribution in [-0.4, -0.2) is 16.1 Å². The van der Waals surface area contributed by atoms with Gasteiger partial charge in [-0.25, -0.2) is 9.78 Å². The summed E-state index contributed by atoms with van der Waals surface area (Å²) in [6.45, 7) is 1.57. The zero-order valence-corrected chi connectivity index (χ0v) is 8.70. The number of rotatable bonds is 1. The maximum atomic E-state index is 10.6. The van der Waals surface area contributed by atoms with Crippen molar-refractivity contribution in [3.63, 3.8) is 0 Å². The van der Waals surface area contributed by atoms with Crippen molar-refractivity contribution >= 4 is 40.8 Å². The third-order valence-corrected chi connectivity index (χ3v) is 2.76. The number of halogens is 3. The number of carbonyl (C=O) groups is 1. The molecule has 0 amide bonds. The standard InChI is InChI=1S/C7H4Cl3NO2/c1-2-3(8)5(7(12)13)11-6(10)4(2)9/h1H3,(H,12,13). The lowest BCUT2D eigenvalue weighted by Gasteiger charge is -2.05. The van der Waals surface area contributed by atoms with Gasteiger partial charge >= 0.3 is 5.97 Å². The summed E-state index contributed by atoms with van der Waals surface area (Å²) in [4.78, 5) is 14.1. The Morgan fingerprint density at radius 3 is 2.31 bits per heavy atom. The highest BCUT2D eigenvalue weighted by atomic mass is 35.5. The Bertz CT molecular complexity index is 378. The third kappa shape index (κ3) is 1.88. The second kappa shape index (κ2) is 3.70. The van der Waals surface area contributed by atoms with E-state index in [0.29, 0.717) is 5.56 Å². The average Bonchev–Trinajstić information content (AvgIpc) is 2.07. The molecule has 0 aromatic carbocycles. The highest BCUT2D eigenvalue weighted by Crippen LogP contribution is 2.31. The van der Waals surface area contributed by atoms with Gasteiger partial charge in [-0.1, -0.05) is 34.8 Å². The molecule has 13 heavy (non-hydrogen) atoms. The maximum absolute atomic E-state index is 10.6. The minimum atomic E-state index is -1.23. The molecule has 1 rings (SSSR count). The number of aromatic nitrogens is 1. The fourth-order valence-corrected chi connectivity index (χ4v) is 1.40. The summed E-state index contributed by atoms with van der Waals surface area (Å²) in [6.07, 6.45) is 0. The maximum Gasteiger partial charge on any atom is 0.356 e. The SMILES string of the molecule is Cc1c(Cl)c(Cl)nc(C(=O)O)c1Cl. The van der Waals surface area contributed by atoms with Crippen LogP contribution in [0.25, 0.3) is 0 Å². The first-order chi connectivity index (χ1) is 5.95. The average molecular weight is 240 g/mol. The molecule has 0 fully saturated rings. The van der Waals surface area contributed by atoms with E-state index in [1.54, 1.807) is 6.92 Å². The predicted molar refractivity (Wildman–Crippen MR) is 51.0 cm³/mol. The van der Waals surface area contributed by atoms with Gasteiger partial charge in [-0.15, -0.1) is 0 Å². The molecule has 70 valence electrons. The number of carboxylic acid groups (broad SMARTS) is 1. The van der Waals surface area contributed by atoms with Gasteiger partial charge in [0.15, 0.2) is 5.69 Å². The molecular formula is C7H4Cl3NO2. The molecule has 1 aromatic rings. The minimum absolute atomic E-state index is 0.0156. The number of pyridine rings is 1. The minimum Gasteiger partial charge on any atom is -0.476 e. The van der Waals surface area contributed by atoms with Crippen LogP contribution in [-0.2, 0) is 0 Å². The summed E-state index contributed by atoms with van der Waals surface area (Å²) in [5.74, 6) is -1.23. The van der Waals surface area contributed by atoms with Gasteiger partial charge in [0.1, 0.15) is 5.15 Å². The zero-order chi connectivity index (χ0) is 10.2. The normalized spacial score (nSPS) is 10.2. The number of nitrogens with zero attached hydrogens (tertiary/aromatic N) is 1. The van der Waals surface area contributed by atoms with E-state index in [9.17, 15) is 4.79 Å². The van der Waals surface area contributed by atoms with E-state index in [0.717, 1.165) is 0 Å². The number of aromatic carboxylic acids is 1. The van der Waals surface area contributed by atoms with E-state index in [1.165, 1.54) is 0 Å². The molecule has 0 atom stereocenters. The van der Waals surface area contributed by atoms with E-state index in [4.69, 9.17) is 39.9 Å². The van der Waals surface area contributed by atoms with Crippen LogP contribution in [0.5, 0.6) is 0 Å². The van der Waals surface area contributed by atoms with Gasteiger partial charge in [0.25, 0.3) is 0 Å². The van der Waals surface area contributed by atoms with Crippen molar-refractivity contribution in [3.05, 3.63) is 26.5 Å². The molecule has 1 heterocycles. The fourth-order valence-electron chi connectivity index (χ4n) is 0.767. The fraction of sp³-hybridized carbons (Fsp3) is 0.143. The largest absolute Gasteiger partial charge is 0.476 e. The lowest BCUT2D eigenvalue weighted by Crippen LogP contribution is -2.03. The third-order valence-electron chi connectivity index (χ3n) is 1.46. The monoisotopic (exact) mass is 239 g/mol. The van der Waals surface area contributed by atoms with Gasteiger partial charge in [0.05, 0.1) is 10.0 Å². The first kappa shape index (κ1) is 10.6. The molecule has 0 aliphatic carbocycles. The molecule has 1 N–H and O–H groups in total. The van der Waals surface area contributed by atoms with E-state index < -0.39 is 5.97 Å². The topological polar surface area (TPSA) is 50.2 Å². The van der Waals surface area contributed by atoms with E-state index >= 15 is 0 Å². The van der Waals surface area contributed by atoms with Crippen LogP contribution >= 0.6 is 34.8 Å². The van der Waals surface area contributed by atoms with Crippen molar-refractivity contribution in [2.75, 3.05) is 0 Å². The molecule has 0 radical (unpaired) electrons. The zero-order valence-electron chi connectivity index (χ0n) is 6.44. The van der Waals surface area contributed by atoms with Crippen molar-refractivity contribution in [3.8, 4) is 0 Å². The number of hydrogen-bond donors (Lipinski definition) is 1. The van der Waals surface area contributed by atoms with Crippen LogP contribution in [0, 0.1) is 6.92 Å². The second-order valence-corrected chi connectivity index (χ2v) is 3.42. The summed E-state index contributed by atoms with van der Waals surface area (Å²) in [7, 11) is 0.